The Morgan fingerprint density at radius 3 is 2.37 bits per heavy atom. The Bertz CT molecular complexity index is 817. The van der Waals surface area contributed by atoms with Gasteiger partial charge in [-0.15, -0.1) is 11.3 Å². The molecule has 0 amide bonds. The minimum Gasteiger partial charge on any atom is -0.467 e. The number of aromatic nitrogens is 1. The second-order valence-corrected chi connectivity index (χ2v) is 8.84. The third kappa shape index (κ3) is 4.52. The fraction of sp³-hybridized carbons (Fsp3) is 0.636. The number of carbonyl (C=O) groups is 1. The topological polar surface area (TPSA) is 48.4 Å². The van der Waals surface area contributed by atoms with Gasteiger partial charge < -0.3 is 9.47 Å². The van der Waals surface area contributed by atoms with E-state index in [2.05, 4.69) is 6.92 Å². The summed E-state index contributed by atoms with van der Waals surface area (Å²) in [5.74, 6) is -0.369. The molecule has 2 heterocycles. The van der Waals surface area contributed by atoms with E-state index >= 15 is 0 Å². The highest BCUT2D eigenvalue weighted by Crippen LogP contribution is 2.41. The first-order chi connectivity index (χ1) is 12.7. The molecule has 0 saturated heterocycles. The van der Waals surface area contributed by atoms with Crippen LogP contribution in [0.4, 0.5) is 0 Å². The molecule has 3 rings (SSSR count). The molecule has 0 aromatic carbocycles. The summed E-state index contributed by atoms with van der Waals surface area (Å²) in [5.41, 5.74) is 3.79. The number of hydrogen-bond acceptors (Lipinski definition) is 5. The summed E-state index contributed by atoms with van der Waals surface area (Å²) >= 11 is 1.81. The lowest BCUT2D eigenvalue weighted by atomic mass is 9.92. The third-order valence-corrected chi connectivity index (χ3v) is 5.93. The minimum atomic E-state index is -0.749. The van der Waals surface area contributed by atoms with Gasteiger partial charge in [-0.3, -0.25) is 0 Å². The molecule has 0 N–H and O–H groups in total. The number of fused-ring (bicyclic) bond motifs is 3. The minimum absolute atomic E-state index is 0.369. The van der Waals surface area contributed by atoms with E-state index in [0.29, 0.717) is 0 Å². The average molecular weight is 392 g/mol. The molecular formula is C22H33NO3S. The van der Waals surface area contributed by atoms with Crippen LogP contribution in [-0.2, 0) is 27.1 Å². The van der Waals surface area contributed by atoms with Crippen molar-refractivity contribution in [2.45, 2.75) is 85.9 Å². The van der Waals surface area contributed by atoms with Crippen LogP contribution in [0.5, 0.6) is 0 Å². The number of carbonyl (C=O) groups excluding carboxylic acids is 1. The Labute approximate surface area is 167 Å². The maximum absolute atomic E-state index is 12.5. The van der Waals surface area contributed by atoms with E-state index in [1.165, 1.54) is 35.8 Å². The van der Waals surface area contributed by atoms with E-state index in [0.717, 1.165) is 34.5 Å². The number of nitrogens with zero attached hydrogens (tertiary/aromatic N) is 1. The molecule has 1 atom stereocenters. The predicted octanol–water partition coefficient (Wildman–Crippen LogP) is 5.85. The number of rotatable bonds is 3. The zero-order valence-corrected chi connectivity index (χ0v) is 18.8. The van der Waals surface area contributed by atoms with Crippen LogP contribution in [0.2, 0.25) is 0 Å². The first-order valence-electron chi connectivity index (χ1n) is 9.90. The number of pyridine rings is 1. The highest BCUT2D eigenvalue weighted by molar-refractivity contribution is 7.18. The smallest absolute Gasteiger partial charge is 0.339 e. The molecular weight excluding hydrogens is 358 g/mol. The van der Waals surface area contributed by atoms with Crippen LogP contribution in [0, 0.1) is 13.8 Å². The van der Waals surface area contributed by atoms with Crippen LogP contribution in [0.1, 0.15) is 80.8 Å². The number of hydrogen-bond donors (Lipinski definition) is 0. The zero-order chi connectivity index (χ0) is 20.4. The van der Waals surface area contributed by atoms with Crippen molar-refractivity contribution in [3.05, 3.63) is 27.3 Å². The molecule has 0 saturated carbocycles. The average Bonchev–Trinajstić information content (AvgIpc) is 2.99. The molecule has 1 aliphatic rings. The molecule has 1 aliphatic carbocycles. The maximum Gasteiger partial charge on any atom is 0.339 e. The SMILES string of the molecule is CC.COC(=O)C(OC(C)(C)C)c1c(C)nc2sc3c(c2c1C)CCCC3. The Kier molecular flexibility index (Phi) is 7.03. The first kappa shape index (κ1) is 21.8. The summed E-state index contributed by atoms with van der Waals surface area (Å²) in [5, 5.41) is 1.23. The van der Waals surface area contributed by atoms with Crippen LogP contribution in [0.25, 0.3) is 10.2 Å². The predicted molar refractivity (Wildman–Crippen MR) is 113 cm³/mol. The normalized spacial score (nSPS) is 15.0. The lowest BCUT2D eigenvalue weighted by Gasteiger charge is -2.28. The zero-order valence-electron chi connectivity index (χ0n) is 18.0. The summed E-state index contributed by atoms with van der Waals surface area (Å²) in [6.45, 7) is 13.9. The summed E-state index contributed by atoms with van der Waals surface area (Å²) in [6.07, 6.45) is 3.97. The third-order valence-electron chi connectivity index (χ3n) is 4.74. The first-order valence-corrected chi connectivity index (χ1v) is 10.7. The van der Waals surface area contributed by atoms with Gasteiger partial charge in [0.15, 0.2) is 6.10 Å². The van der Waals surface area contributed by atoms with Gasteiger partial charge >= 0.3 is 5.97 Å². The molecule has 150 valence electrons. The molecule has 4 nitrogen and oxygen atoms in total. The molecule has 2 aromatic heterocycles. The van der Waals surface area contributed by atoms with Crippen LogP contribution >= 0.6 is 11.3 Å². The fourth-order valence-corrected chi connectivity index (χ4v) is 5.08. The van der Waals surface area contributed by atoms with Crippen molar-refractivity contribution in [2.24, 2.45) is 0 Å². The van der Waals surface area contributed by atoms with Crippen molar-refractivity contribution in [2.75, 3.05) is 7.11 Å². The summed E-state index contributed by atoms with van der Waals surface area (Å²) in [7, 11) is 1.41. The van der Waals surface area contributed by atoms with Crippen LogP contribution in [-0.4, -0.2) is 23.7 Å². The van der Waals surface area contributed by atoms with Crippen molar-refractivity contribution in [3.8, 4) is 0 Å². The summed E-state index contributed by atoms with van der Waals surface area (Å²) in [6, 6.07) is 0. The molecule has 0 radical (unpaired) electrons. The quantitative estimate of drug-likeness (QED) is 0.616. The monoisotopic (exact) mass is 391 g/mol. The molecule has 0 spiro atoms. The highest BCUT2D eigenvalue weighted by atomic mass is 32.1. The van der Waals surface area contributed by atoms with Gasteiger partial charge in [0, 0.05) is 21.5 Å². The number of esters is 1. The molecule has 0 aliphatic heterocycles. The standard InChI is InChI=1S/C20H27NO3S.C2H6/c1-11-15(17(19(22)23-6)24-20(3,4)5)12(2)21-18-16(11)13-9-7-8-10-14(13)25-18;1-2/h17H,7-10H2,1-6H3;1-2H3. The van der Waals surface area contributed by atoms with Gasteiger partial charge in [-0.25, -0.2) is 9.78 Å². The second-order valence-electron chi connectivity index (χ2n) is 7.76. The molecule has 1 unspecified atom stereocenters. The van der Waals surface area contributed by atoms with Gasteiger partial charge in [0.25, 0.3) is 0 Å². The van der Waals surface area contributed by atoms with Gasteiger partial charge in [-0.2, -0.15) is 0 Å². The van der Waals surface area contributed by atoms with Gasteiger partial charge in [0.05, 0.1) is 12.7 Å². The molecule has 0 bridgehead atoms. The van der Waals surface area contributed by atoms with Crippen molar-refractivity contribution in [1.82, 2.24) is 4.98 Å². The second kappa shape index (κ2) is 8.70. The van der Waals surface area contributed by atoms with Crippen LogP contribution in [0.15, 0.2) is 0 Å². The Balaban J connectivity index is 0.00000126. The van der Waals surface area contributed by atoms with Crippen molar-refractivity contribution < 1.29 is 14.3 Å². The van der Waals surface area contributed by atoms with E-state index in [9.17, 15) is 4.79 Å². The van der Waals surface area contributed by atoms with Gasteiger partial charge in [0.1, 0.15) is 4.83 Å². The van der Waals surface area contributed by atoms with E-state index in [4.69, 9.17) is 14.5 Å². The molecule has 2 aromatic rings. The van der Waals surface area contributed by atoms with Crippen molar-refractivity contribution in [3.63, 3.8) is 0 Å². The number of thiophene rings is 1. The Hall–Kier alpha value is -1.46. The van der Waals surface area contributed by atoms with E-state index in [1.54, 1.807) is 0 Å². The van der Waals surface area contributed by atoms with E-state index in [-0.39, 0.29) is 5.97 Å². The van der Waals surface area contributed by atoms with E-state index in [1.807, 2.05) is 52.9 Å². The van der Waals surface area contributed by atoms with Gasteiger partial charge in [-0.05, 0) is 71.4 Å². The number of ether oxygens (including phenoxy) is 2. The summed E-state index contributed by atoms with van der Waals surface area (Å²) < 4.78 is 11.1. The molecule has 5 heteroatoms. The number of methoxy groups -OCH3 is 1. The lowest BCUT2D eigenvalue weighted by Crippen LogP contribution is -2.29. The largest absolute Gasteiger partial charge is 0.467 e. The molecule has 27 heavy (non-hydrogen) atoms. The van der Waals surface area contributed by atoms with Gasteiger partial charge in [-0.1, -0.05) is 13.8 Å². The van der Waals surface area contributed by atoms with E-state index < -0.39 is 11.7 Å². The van der Waals surface area contributed by atoms with Crippen molar-refractivity contribution >= 4 is 27.5 Å². The number of aryl methyl sites for hydroxylation is 4. The van der Waals surface area contributed by atoms with Gasteiger partial charge in [0.2, 0.25) is 0 Å². The maximum atomic E-state index is 12.5. The Morgan fingerprint density at radius 1 is 1.15 bits per heavy atom. The van der Waals surface area contributed by atoms with Crippen LogP contribution < -0.4 is 0 Å². The molecule has 0 fully saturated rings. The van der Waals surface area contributed by atoms with Crippen LogP contribution in [0.3, 0.4) is 0 Å². The lowest BCUT2D eigenvalue weighted by molar-refractivity contribution is -0.164. The van der Waals surface area contributed by atoms with Crippen molar-refractivity contribution in [1.29, 1.82) is 0 Å². The fourth-order valence-electron chi connectivity index (χ4n) is 3.71. The highest BCUT2D eigenvalue weighted by Gasteiger charge is 2.32. The Morgan fingerprint density at radius 2 is 1.78 bits per heavy atom. The summed E-state index contributed by atoms with van der Waals surface area (Å²) in [4.78, 5) is 19.9.